The summed E-state index contributed by atoms with van der Waals surface area (Å²) < 4.78 is 24.7. The molecule has 28 heavy (non-hydrogen) atoms. The number of aryl methyl sites for hydroxylation is 1. The molecule has 2 heterocycles. The molecule has 0 saturated carbocycles. The van der Waals surface area contributed by atoms with Crippen LogP contribution in [0.25, 0.3) is 32.4 Å². The topological polar surface area (TPSA) is 40.8 Å². The van der Waals surface area contributed by atoms with E-state index in [2.05, 4.69) is 42.1 Å². The summed E-state index contributed by atoms with van der Waals surface area (Å²) >= 11 is 0. The number of ether oxygens (including phenoxy) is 4. The van der Waals surface area contributed by atoms with E-state index in [0.717, 1.165) is 55.4 Å². The normalized spacial score (nSPS) is 12.8. The van der Waals surface area contributed by atoms with Gasteiger partial charge in [-0.3, -0.25) is 0 Å². The van der Waals surface area contributed by atoms with Crippen LogP contribution in [0, 0.1) is 0 Å². The molecular weight excluding hydrogens is 378 g/mol. The van der Waals surface area contributed by atoms with E-state index in [1.54, 1.807) is 14.2 Å². The average molecular weight is 398 g/mol. The number of methoxy groups -OCH3 is 2. The Morgan fingerprint density at radius 1 is 0.786 bits per heavy atom. The largest absolute Gasteiger partial charge is 1.00 e. The van der Waals surface area contributed by atoms with E-state index in [1.165, 1.54) is 0 Å². The van der Waals surface area contributed by atoms with Crippen LogP contribution in [-0.4, -0.2) is 27.4 Å². The lowest BCUT2D eigenvalue weighted by atomic mass is 10.00. The third-order valence-electron chi connectivity index (χ3n) is 5.19. The van der Waals surface area contributed by atoms with Gasteiger partial charge < -0.3 is 31.4 Å². The van der Waals surface area contributed by atoms with Gasteiger partial charge in [0, 0.05) is 5.39 Å². The van der Waals surface area contributed by atoms with Gasteiger partial charge in [-0.1, -0.05) is 6.07 Å². The zero-order chi connectivity index (χ0) is 18.5. The number of hydrogen-bond donors (Lipinski definition) is 0. The maximum atomic E-state index is 5.80. The Kier molecular flexibility index (Phi) is 4.55. The number of benzene rings is 3. The zero-order valence-electron chi connectivity index (χ0n) is 15.9. The average Bonchev–Trinajstić information content (AvgIpc) is 2.70. The molecule has 1 aliphatic heterocycles. The Morgan fingerprint density at radius 3 is 2.18 bits per heavy atom. The molecule has 0 radical (unpaired) electrons. The molecule has 0 aliphatic carbocycles. The van der Waals surface area contributed by atoms with Crippen molar-refractivity contribution in [3.63, 3.8) is 0 Å². The smallest absolute Gasteiger partial charge is 0.220 e. The Balaban J connectivity index is 0.00000192. The van der Waals surface area contributed by atoms with Crippen molar-refractivity contribution in [1.82, 2.24) is 0 Å². The predicted octanol–water partition coefficient (Wildman–Crippen LogP) is 0.763. The quantitative estimate of drug-likeness (QED) is 0.370. The highest BCUT2D eigenvalue weighted by Gasteiger charge is 2.20. The van der Waals surface area contributed by atoms with Gasteiger partial charge >= 0.3 is 0 Å². The maximum Gasteiger partial charge on any atom is 0.220 e. The van der Waals surface area contributed by atoms with Crippen molar-refractivity contribution in [2.75, 3.05) is 27.4 Å². The lowest BCUT2D eigenvalue weighted by Gasteiger charge is -2.19. The lowest BCUT2D eigenvalue weighted by molar-refractivity contribution is -0.642. The summed E-state index contributed by atoms with van der Waals surface area (Å²) in [4.78, 5) is 0. The number of fused-ring (bicyclic) bond motifs is 6. The molecule has 5 rings (SSSR count). The molecule has 0 spiro atoms. The fraction of sp³-hybridized carbons (Fsp3) is 0.227. The van der Waals surface area contributed by atoms with Crippen LogP contribution in [0.3, 0.4) is 0 Å². The molecule has 0 N–H and O–H groups in total. The minimum atomic E-state index is 0. The van der Waals surface area contributed by atoms with E-state index in [9.17, 15) is 0 Å². The van der Waals surface area contributed by atoms with Gasteiger partial charge in [0.1, 0.15) is 20.3 Å². The summed E-state index contributed by atoms with van der Waals surface area (Å²) in [5, 5.41) is 5.63. The van der Waals surface area contributed by atoms with Crippen LogP contribution in [0.4, 0.5) is 0 Å². The van der Waals surface area contributed by atoms with Gasteiger partial charge in [-0.25, -0.2) is 0 Å². The molecule has 0 bridgehead atoms. The summed E-state index contributed by atoms with van der Waals surface area (Å²) in [5.41, 5.74) is 1.14. The second-order valence-corrected chi connectivity index (χ2v) is 6.71. The van der Waals surface area contributed by atoms with Gasteiger partial charge in [0.05, 0.1) is 30.4 Å². The minimum Gasteiger partial charge on any atom is -1.00 e. The molecule has 1 aromatic heterocycles. The number of pyridine rings is 1. The van der Waals surface area contributed by atoms with Crippen molar-refractivity contribution < 1.29 is 35.9 Å². The van der Waals surface area contributed by atoms with Gasteiger partial charge in [-0.05, 0) is 35.7 Å². The standard InChI is InChI=1S/C22H20NO4.ClH/c1-23-12-14-9-18(24-2)19(25-3)10-16(14)15-5-4-13-8-20-21(27-7-6-26-20)11-17(13)22(15)23;/h4-5,8-12H,6-7H2,1-3H3;1H/q+1;/p-1. The second kappa shape index (κ2) is 6.91. The molecule has 0 fully saturated rings. The number of hydrogen-bond acceptors (Lipinski definition) is 4. The van der Waals surface area contributed by atoms with E-state index < -0.39 is 0 Å². The van der Waals surface area contributed by atoms with Crippen LogP contribution in [0.5, 0.6) is 23.0 Å². The molecule has 3 aromatic carbocycles. The zero-order valence-corrected chi connectivity index (χ0v) is 16.7. The highest BCUT2D eigenvalue weighted by Crippen LogP contribution is 2.39. The van der Waals surface area contributed by atoms with Crippen molar-refractivity contribution in [1.29, 1.82) is 0 Å². The Hall–Kier alpha value is -2.92. The fourth-order valence-electron chi connectivity index (χ4n) is 3.95. The first kappa shape index (κ1) is 18.4. The summed E-state index contributed by atoms with van der Waals surface area (Å²) in [6, 6.07) is 12.5. The van der Waals surface area contributed by atoms with Gasteiger partial charge in [0.2, 0.25) is 5.52 Å². The third-order valence-corrected chi connectivity index (χ3v) is 5.19. The molecule has 0 unspecified atom stereocenters. The van der Waals surface area contributed by atoms with Crippen molar-refractivity contribution >= 4 is 32.4 Å². The SMILES string of the molecule is COc1cc2c[n+](C)c3c4cc5c(cc4ccc3c2cc1OC)OCCO5.[Cl-]. The monoisotopic (exact) mass is 397 g/mol. The van der Waals surface area contributed by atoms with Crippen LogP contribution in [0.2, 0.25) is 0 Å². The highest BCUT2D eigenvalue weighted by molar-refractivity contribution is 6.14. The van der Waals surface area contributed by atoms with Crippen LogP contribution < -0.4 is 35.9 Å². The van der Waals surface area contributed by atoms with Gasteiger partial charge in [-0.15, -0.1) is 0 Å². The Labute approximate surface area is 168 Å². The minimum absolute atomic E-state index is 0. The van der Waals surface area contributed by atoms with Crippen molar-refractivity contribution in [2.24, 2.45) is 7.05 Å². The van der Waals surface area contributed by atoms with E-state index >= 15 is 0 Å². The van der Waals surface area contributed by atoms with E-state index in [-0.39, 0.29) is 12.4 Å². The summed E-state index contributed by atoms with van der Waals surface area (Å²) in [7, 11) is 5.38. The molecule has 0 amide bonds. The van der Waals surface area contributed by atoms with E-state index in [4.69, 9.17) is 18.9 Å². The lowest BCUT2D eigenvalue weighted by Crippen LogP contribution is -3.00. The Morgan fingerprint density at radius 2 is 1.46 bits per heavy atom. The van der Waals surface area contributed by atoms with Crippen LogP contribution in [0.15, 0.2) is 42.6 Å². The first-order valence-electron chi connectivity index (χ1n) is 8.90. The first-order chi connectivity index (χ1) is 13.2. The van der Waals surface area contributed by atoms with Crippen molar-refractivity contribution in [3.05, 3.63) is 42.6 Å². The van der Waals surface area contributed by atoms with Gasteiger partial charge in [-0.2, -0.15) is 4.57 Å². The van der Waals surface area contributed by atoms with E-state index in [1.807, 2.05) is 12.1 Å². The maximum absolute atomic E-state index is 5.80. The summed E-state index contributed by atoms with van der Waals surface area (Å²) in [6.45, 7) is 1.17. The molecule has 0 saturated heterocycles. The molecule has 4 aromatic rings. The summed E-state index contributed by atoms with van der Waals surface area (Å²) in [5.74, 6) is 3.06. The number of nitrogens with zero attached hydrogens (tertiary/aromatic N) is 1. The summed E-state index contributed by atoms with van der Waals surface area (Å²) in [6.07, 6.45) is 2.12. The highest BCUT2D eigenvalue weighted by atomic mass is 35.5. The predicted molar refractivity (Wildman–Crippen MR) is 104 cm³/mol. The van der Waals surface area contributed by atoms with E-state index in [0.29, 0.717) is 13.2 Å². The first-order valence-corrected chi connectivity index (χ1v) is 8.90. The van der Waals surface area contributed by atoms with Crippen molar-refractivity contribution in [3.8, 4) is 23.0 Å². The molecule has 0 atom stereocenters. The van der Waals surface area contributed by atoms with Crippen LogP contribution in [0.1, 0.15) is 0 Å². The third kappa shape index (κ3) is 2.66. The molecule has 6 heteroatoms. The van der Waals surface area contributed by atoms with Gasteiger partial charge in [0.15, 0.2) is 29.2 Å². The second-order valence-electron chi connectivity index (χ2n) is 6.71. The fourth-order valence-corrected chi connectivity index (χ4v) is 3.95. The van der Waals surface area contributed by atoms with Crippen LogP contribution >= 0.6 is 0 Å². The van der Waals surface area contributed by atoms with Crippen LogP contribution in [-0.2, 0) is 7.05 Å². The molecule has 5 nitrogen and oxygen atoms in total. The number of halogens is 1. The number of rotatable bonds is 2. The number of aromatic nitrogens is 1. The Bertz CT molecular complexity index is 1220. The molecule has 1 aliphatic rings. The molecule has 144 valence electrons. The van der Waals surface area contributed by atoms with Crippen molar-refractivity contribution in [2.45, 2.75) is 0 Å². The van der Waals surface area contributed by atoms with Gasteiger partial charge in [0.25, 0.3) is 0 Å². The molecular formula is C22H20ClNO4.